The van der Waals surface area contributed by atoms with Crippen molar-refractivity contribution in [2.24, 2.45) is 0 Å². The van der Waals surface area contributed by atoms with E-state index in [-0.39, 0.29) is 22.9 Å². The second-order valence-electron chi connectivity index (χ2n) is 8.65. The van der Waals surface area contributed by atoms with Crippen LogP contribution in [0.15, 0.2) is 58.4 Å². The van der Waals surface area contributed by atoms with Crippen molar-refractivity contribution in [2.75, 3.05) is 0 Å². The molecular formula is C25H24F2N4O2. The zero-order chi connectivity index (χ0) is 23.1. The van der Waals surface area contributed by atoms with E-state index in [0.29, 0.717) is 6.54 Å². The number of imidazole rings is 1. The number of aromatic nitrogens is 4. The van der Waals surface area contributed by atoms with E-state index < -0.39 is 22.9 Å². The molecule has 1 aliphatic rings. The van der Waals surface area contributed by atoms with Crippen LogP contribution in [0.5, 0.6) is 0 Å². The van der Waals surface area contributed by atoms with E-state index in [1.165, 1.54) is 21.5 Å². The zero-order valence-electron chi connectivity index (χ0n) is 18.3. The molecule has 5 rings (SSSR count). The van der Waals surface area contributed by atoms with Gasteiger partial charge in [0.15, 0.2) is 22.8 Å². The van der Waals surface area contributed by atoms with Gasteiger partial charge in [-0.25, -0.2) is 23.1 Å². The number of hydrogen-bond donors (Lipinski definition) is 0. The van der Waals surface area contributed by atoms with Gasteiger partial charge >= 0.3 is 5.69 Å². The molecule has 2 aromatic heterocycles. The lowest BCUT2D eigenvalue weighted by Crippen LogP contribution is -2.43. The molecule has 0 aliphatic heterocycles. The van der Waals surface area contributed by atoms with Gasteiger partial charge < -0.3 is 4.57 Å². The molecule has 6 nitrogen and oxygen atoms in total. The molecule has 1 saturated carbocycles. The van der Waals surface area contributed by atoms with Crippen LogP contribution in [-0.4, -0.2) is 18.7 Å². The minimum atomic E-state index is -1.07. The number of rotatable bonds is 4. The van der Waals surface area contributed by atoms with Gasteiger partial charge in [-0.1, -0.05) is 43.5 Å². The van der Waals surface area contributed by atoms with Crippen LogP contribution in [0.4, 0.5) is 8.78 Å². The molecule has 0 bridgehead atoms. The van der Waals surface area contributed by atoms with E-state index in [9.17, 15) is 18.4 Å². The zero-order valence-corrected chi connectivity index (χ0v) is 18.3. The number of halogens is 2. The number of hydrogen-bond acceptors (Lipinski definition) is 3. The molecule has 33 heavy (non-hydrogen) atoms. The van der Waals surface area contributed by atoms with Gasteiger partial charge in [0.05, 0.1) is 12.0 Å². The highest BCUT2D eigenvalue weighted by atomic mass is 19.2. The number of nitrogens with zero attached hydrogens (tertiary/aromatic N) is 4. The van der Waals surface area contributed by atoms with Gasteiger partial charge in [0.1, 0.15) is 0 Å². The topological polar surface area (TPSA) is 61.8 Å². The maximum absolute atomic E-state index is 14.1. The molecule has 0 saturated heterocycles. The molecule has 2 aromatic carbocycles. The van der Waals surface area contributed by atoms with Crippen molar-refractivity contribution in [3.63, 3.8) is 0 Å². The predicted octanol–water partition coefficient (Wildman–Crippen LogP) is 4.49. The second-order valence-corrected chi connectivity index (χ2v) is 8.65. The van der Waals surface area contributed by atoms with Crippen LogP contribution >= 0.6 is 0 Å². The van der Waals surface area contributed by atoms with Crippen LogP contribution < -0.4 is 11.2 Å². The summed E-state index contributed by atoms with van der Waals surface area (Å²) >= 11 is 0. The average Bonchev–Trinajstić information content (AvgIpc) is 3.22. The lowest BCUT2D eigenvalue weighted by molar-refractivity contribution is 0.335. The molecular weight excluding hydrogens is 426 g/mol. The lowest BCUT2D eigenvalue weighted by atomic mass is 9.95. The van der Waals surface area contributed by atoms with Crippen LogP contribution in [-0.2, 0) is 6.54 Å². The third kappa shape index (κ3) is 3.69. The van der Waals surface area contributed by atoms with Crippen LogP contribution in [0, 0.1) is 18.6 Å². The van der Waals surface area contributed by atoms with E-state index in [2.05, 4.69) is 4.98 Å². The van der Waals surface area contributed by atoms with Gasteiger partial charge in [0.2, 0.25) is 0 Å². The van der Waals surface area contributed by atoms with Crippen molar-refractivity contribution < 1.29 is 8.78 Å². The largest absolute Gasteiger partial charge is 0.337 e. The van der Waals surface area contributed by atoms with Crippen molar-refractivity contribution in [1.29, 1.82) is 0 Å². The second kappa shape index (κ2) is 8.42. The Bertz CT molecular complexity index is 1460. The highest BCUT2D eigenvalue weighted by molar-refractivity contribution is 5.72. The molecule has 0 N–H and O–H groups in total. The van der Waals surface area contributed by atoms with Crippen molar-refractivity contribution in [3.8, 4) is 5.69 Å². The Morgan fingerprint density at radius 3 is 2.48 bits per heavy atom. The normalized spacial score (nSPS) is 14.8. The molecule has 1 fully saturated rings. The first-order valence-electron chi connectivity index (χ1n) is 11.2. The maximum Gasteiger partial charge on any atom is 0.337 e. The minimum absolute atomic E-state index is 0.134. The van der Waals surface area contributed by atoms with Gasteiger partial charge in [0, 0.05) is 18.7 Å². The summed E-state index contributed by atoms with van der Waals surface area (Å²) in [7, 11) is 0. The molecule has 4 aromatic rings. The van der Waals surface area contributed by atoms with Gasteiger partial charge in [-0.05, 0) is 43.0 Å². The quantitative estimate of drug-likeness (QED) is 0.460. The highest BCUT2D eigenvalue weighted by Gasteiger charge is 2.25. The van der Waals surface area contributed by atoms with Crippen LogP contribution in [0.1, 0.15) is 49.3 Å². The summed E-state index contributed by atoms with van der Waals surface area (Å²) < 4.78 is 31.9. The Balaban J connectivity index is 1.79. The summed E-state index contributed by atoms with van der Waals surface area (Å²) in [5.41, 5.74) is 1.66. The Morgan fingerprint density at radius 1 is 1.00 bits per heavy atom. The van der Waals surface area contributed by atoms with Crippen LogP contribution in [0.25, 0.3) is 16.9 Å². The Labute approximate surface area is 188 Å². The van der Waals surface area contributed by atoms with Gasteiger partial charge in [-0.2, -0.15) is 0 Å². The Morgan fingerprint density at radius 2 is 1.76 bits per heavy atom. The lowest BCUT2D eigenvalue weighted by Gasteiger charge is -2.24. The molecule has 0 unspecified atom stereocenters. The molecule has 0 atom stereocenters. The summed E-state index contributed by atoms with van der Waals surface area (Å²) in [5, 5.41) is 0. The van der Waals surface area contributed by atoms with Crippen LogP contribution in [0.3, 0.4) is 0 Å². The summed E-state index contributed by atoms with van der Waals surface area (Å²) in [6.45, 7) is 2.39. The van der Waals surface area contributed by atoms with E-state index in [1.807, 2.05) is 31.2 Å². The monoisotopic (exact) mass is 450 g/mol. The molecule has 0 spiro atoms. The smallest absolute Gasteiger partial charge is 0.320 e. The van der Waals surface area contributed by atoms with E-state index in [0.717, 1.165) is 55.4 Å². The molecule has 0 radical (unpaired) electrons. The Kier molecular flexibility index (Phi) is 5.44. The molecule has 0 amide bonds. The predicted molar refractivity (Wildman–Crippen MR) is 122 cm³/mol. The SMILES string of the molecule is Cc1ccccc1Cn1cnc2c1c(=O)n(C1CCCCC1)c(=O)n2-c1ccc(F)c(F)c1. The summed E-state index contributed by atoms with van der Waals surface area (Å²) in [6.07, 6.45) is 5.91. The first-order chi connectivity index (χ1) is 16.0. The number of benzene rings is 2. The Hall–Kier alpha value is -3.55. The molecule has 170 valence electrons. The summed E-state index contributed by atoms with van der Waals surface area (Å²) in [6, 6.07) is 10.9. The summed E-state index contributed by atoms with van der Waals surface area (Å²) in [5.74, 6) is -2.07. The van der Waals surface area contributed by atoms with Crippen LogP contribution in [0.2, 0.25) is 0 Å². The first kappa shape index (κ1) is 21.3. The first-order valence-corrected chi connectivity index (χ1v) is 11.2. The molecule has 8 heteroatoms. The maximum atomic E-state index is 14.1. The van der Waals surface area contributed by atoms with Gasteiger partial charge in [0.25, 0.3) is 5.56 Å². The highest BCUT2D eigenvalue weighted by Crippen LogP contribution is 2.27. The third-order valence-corrected chi connectivity index (χ3v) is 6.55. The van der Waals surface area contributed by atoms with Gasteiger partial charge in [-0.3, -0.25) is 9.36 Å². The third-order valence-electron chi connectivity index (χ3n) is 6.55. The van der Waals surface area contributed by atoms with E-state index in [1.54, 1.807) is 4.57 Å². The fourth-order valence-corrected chi connectivity index (χ4v) is 4.76. The van der Waals surface area contributed by atoms with E-state index >= 15 is 0 Å². The van der Waals surface area contributed by atoms with E-state index in [4.69, 9.17) is 0 Å². The standard InChI is InChI=1S/C25H24F2N4O2/c1-16-7-5-6-8-17(16)14-29-15-28-23-22(29)24(32)31(18-9-3-2-4-10-18)25(33)30(23)19-11-12-20(26)21(27)13-19/h5-8,11-13,15,18H,2-4,9-10,14H2,1H3. The summed E-state index contributed by atoms with van der Waals surface area (Å²) in [4.78, 5) is 31.6. The van der Waals surface area contributed by atoms with Gasteiger partial charge in [-0.15, -0.1) is 0 Å². The fourth-order valence-electron chi connectivity index (χ4n) is 4.76. The number of aryl methyl sites for hydroxylation is 1. The van der Waals surface area contributed by atoms with Crippen molar-refractivity contribution in [3.05, 3.63) is 92.4 Å². The fraction of sp³-hybridized carbons (Fsp3) is 0.320. The van der Waals surface area contributed by atoms with Crippen molar-refractivity contribution >= 4 is 11.2 Å². The van der Waals surface area contributed by atoms with Crippen molar-refractivity contribution in [1.82, 2.24) is 18.7 Å². The molecule has 1 aliphatic carbocycles. The molecule has 2 heterocycles. The average molecular weight is 450 g/mol. The number of fused-ring (bicyclic) bond motifs is 1. The van der Waals surface area contributed by atoms with Crippen molar-refractivity contribution in [2.45, 2.75) is 51.6 Å². The minimum Gasteiger partial charge on any atom is -0.320 e.